The van der Waals surface area contributed by atoms with E-state index in [1.54, 1.807) is 23.1 Å². The maximum Gasteiger partial charge on any atom is 0.410 e. The van der Waals surface area contributed by atoms with Crippen molar-refractivity contribution in [2.24, 2.45) is 0 Å². The monoisotopic (exact) mass is 436 g/mol. The van der Waals surface area contributed by atoms with Gasteiger partial charge in [-0.3, -0.25) is 4.98 Å². The fraction of sp³-hybridized carbons (Fsp3) is 0.308. The molecule has 1 fully saturated rings. The van der Waals surface area contributed by atoms with Crippen molar-refractivity contribution in [3.63, 3.8) is 0 Å². The van der Waals surface area contributed by atoms with Crippen molar-refractivity contribution in [1.29, 1.82) is 0 Å². The first kappa shape index (κ1) is 23.4. The molecule has 0 bridgehead atoms. The minimum absolute atomic E-state index is 0.0451. The van der Waals surface area contributed by atoms with Gasteiger partial charge in [0.05, 0.1) is 6.04 Å². The molecule has 4 rings (SSSR count). The van der Waals surface area contributed by atoms with Gasteiger partial charge in [-0.2, -0.15) is 0 Å². The maximum absolute atomic E-state index is 12.2. The van der Waals surface area contributed by atoms with Crippen LogP contribution in [-0.4, -0.2) is 40.3 Å². The lowest BCUT2D eigenvalue weighted by atomic mass is 10.0. The average Bonchev–Trinajstić information content (AvgIpc) is 2.80. The van der Waals surface area contributed by atoms with Crippen LogP contribution in [-0.2, 0) is 4.74 Å². The molecule has 1 saturated heterocycles. The molecule has 2 unspecified atom stereocenters. The summed E-state index contributed by atoms with van der Waals surface area (Å²) in [5.41, 5.74) is 4.33. The summed E-state index contributed by atoms with van der Waals surface area (Å²) in [5, 5.41) is 8.99. The molecule has 2 aromatic carbocycles. The third kappa shape index (κ3) is 6.37. The summed E-state index contributed by atoms with van der Waals surface area (Å²) in [6.45, 7) is 4.69. The van der Waals surface area contributed by atoms with Crippen LogP contribution < -0.4 is 0 Å². The Morgan fingerprint density at radius 1 is 1.12 bits per heavy atom. The number of cyclic esters (lactones) is 1. The minimum Gasteiger partial charge on any atom is -0.446 e. The van der Waals surface area contributed by atoms with Gasteiger partial charge in [0, 0.05) is 37.9 Å². The summed E-state index contributed by atoms with van der Waals surface area (Å²) in [4.78, 5) is 18.2. The van der Waals surface area contributed by atoms with E-state index in [0.29, 0.717) is 13.0 Å². The molecule has 0 radical (unpaired) electrons. The molecule has 0 aliphatic carbocycles. The molecule has 2 atom stereocenters. The Morgan fingerprint density at radius 2 is 1.84 bits per heavy atom. The van der Waals surface area contributed by atoms with E-state index in [-0.39, 0.29) is 30.7 Å². The van der Waals surface area contributed by atoms with E-state index in [2.05, 4.69) is 35.3 Å². The zero-order chi connectivity index (χ0) is 22.9. The molecule has 5 nitrogen and oxygen atoms in total. The second-order valence-electron chi connectivity index (χ2n) is 7.78. The van der Waals surface area contributed by atoms with Crippen LogP contribution >= 0.6 is 0 Å². The van der Waals surface area contributed by atoms with Gasteiger partial charge in [0.25, 0.3) is 0 Å². The molecule has 1 aliphatic heterocycles. The topological polar surface area (TPSA) is 62.7 Å². The van der Waals surface area contributed by atoms with Crippen LogP contribution in [0.15, 0.2) is 72.9 Å². The highest BCUT2D eigenvalue weighted by molar-refractivity contribution is 5.69. The number of nitrogens with zero attached hydrogens (tertiary/aromatic N) is 2. The smallest absolute Gasteiger partial charge is 0.410 e. The predicted molar refractivity (Wildman–Crippen MR) is 123 cm³/mol. The minimum atomic E-state index is -0.300. The molecular formula is C26H29FN2O3. The Kier molecular flexibility index (Phi) is 8.34. The first-order chi connectivity index (χ1) is 15.5. The van der Waals surface area contributed by atoms with Crippen LogP contribution in [0.3, 0.4) is 0 Å². The summed E-state index contributed by atoms with van der Waals surface area (Å²) >= 11 is 0. The lowest BCUT2D eigenvalue weighted by molar-refractivity contribution is 0.00400. The second kappa shape index (κ2) is 11.4. The molecule has 1 amide bonds. The first-order valence-corrected chi connectivity index (χ1v) is 10.8. The second-order valence-corrected chi connectivity index (χ2v) is 7.78. The van der Waals surface area contributed by atoms with Crippen LogP contribution in [0.1, 0.15) is 37.1 Å². The van der Waals surface area contributed by atoms with Crippen molar-refractivity contribution in [3.05, 3.63) is 90.0 Å². The van der Waals surface area contributed by atoms with Gasteiger partial charge < -0.3 is 14.7 Å². The summed E-state index contributed by atoms with van der Waals surface area (Å²) in [6.07, 6.45) is 2.61. The number of benzene rings is 2. The molecule has 2 heterocycles. The number of rotatable bonds is 5. The van der Waals surface area contributed by atoms with E-state index in [4.69, 9.17) is 9.84 Å². The standard InChI is InChI=1S/C20H24N2O3.C6H5F/c1-14-13-18(7-10-21-14)17-5-3-16(4-6-17)15(2)22-11-8-19(9-12-23)25-20(22)24;7-6-4-2-1-3-5-6/h3-7,10,13,15,19,23H,8-9,11-12H2,1-2H3;1-5H. The number of hydrogen-bond acceptors (Lipinski definition) is 4. The number of hydrogen-bond donors (Lipinski definition) is 1. The summed E-state index contributed by atoms with van der Waals surface area (Å²) in [5.74, 6) is -0.178. The lowest BCUT2D eigenvalue weighted by Crippen LogP contribution is -2.43. The van der Waals surface area contributed by atoms with E-state index in [9.17, 15) is 9.18 Å². The van der Waals surface area contributed by atoms with Gasteiger partial charge in [-0.25, -0.2) is 9.18 Å². The van der Waals surface area contributed by atoms with E-state index in [1.165, 1.54) is 12.1 Å². The first-order valence-electron chi connectivity index (χ1n) is 10.8. The van der Waals surface area contributed by atoms with Gasteiger partial charge in [0.1, 0.15) is 11.9 Å². The molecule has 0 saturated carbocycles. The third-order valence-electron chi connectivity index (χ3n) is 5.47. The molecule has 6 heteroatoms. The number of halogens is 1. The fourth-order valence-electron chi connectivity index (χ4n) is 3.62. The molecule has 1 aliphatic rings. The number of carbonyl (C=O) groups is 1. The van der Waals surface area contributed by atoms with E-state index in [1.807, 2.05) is 26.1 Å². The van der Waals surface area contributed by atoms with Crippen LogP contribution in [0.2, 0.25) is 0 Å². The lowest BCUT2D eigenvalue weighted by Gasteiger charge is -2.35. The number of aromatic nitrogens is 1. The summed E-state index contributed by atoms with van der Waals surface area (Å²) < 4.78 is 17.3. The van der Waals surface area contributed by atoms with Crippen LogP contribution in [0.5, 0.6) is 0 Å². The molecule has 3 aromatic rings. The van der Waals surface area contributed by atoms with Crippen molar-refractivity contribution in [3.8, 4) is 11.1 Å². The molecule has 168 valence electrons. The maximum atomic E-state index is 12.2. The van der Waals surface area contributed by atoms with Crippen molar-refractivity contribution in [2.45, 2.75) is 38.8 Å². The molecule has 1 aromatic heterocycles. The number of amides is 1. The molecular weight excluding hydrogens is 407 g/mol. The third-order valence-corrected chi connectivity index (χ3v) is 5.47. The Labute approximate surface area is 188 Å². The van der Waals surface area contributed by atoms with Gasteiger partial charge >= 0.3 is 6.09 Å². The highest BCUT2D eigenvalue weighted by atomic mass is 19.1. The SMILES string of the molecule is Cc1cc(-c2ccc(C(C)N3CCC(CCO)OC3=O)cc2)ccn1.Fc1ccccc1. The van der Waals surface area contributed by atoms with Gasteiger partial charge in [0.2, 0.25) is 0 Å². The number of carbonyl (C=O) groups excluding carboxylic acids is 1. The largest absolute Gasteiger partial charge is 0.446 e. The van der Waals surface area contributed by atoms with E-state index < -0.39 is 0 Å². The zero-order valence-corrected chi connectivity index (χ0v) is 18.4. The van der Waals surface area contributed by atoms with Crippen molar-refractivity contribution in [2.75, 3.05) is 13.2 Å². The molecule has 1 N–H and O–H groups in total. The summed E-state index contributed by atoms with van der Waals surface area (Å²) in [7, 11) is 0. The van der Waals surface area contributed by atoms with E-state index >= 15 is 0 Å². The number of pyridine rings is 1. The van der Waals surface area contributed by atoms with Crippen LogP contribution in [0.25, 0.3) is 11.1 Å². The Balaban J connectivity index is 0.000000352. The van der Waals surface area contributed by atoms with Gasteiger partial charge in [-0.05, 0) is 54.8 Å². The zero-order valence-electron chi connectivity index (χ0n) is 18.4. The number of aliphatic hydroxyl groups is 1. The Bertz CT molecular complexity index is 995. The van der Waals surface area contributed by atoms with Gasteiger partial charge in [-0.1, -0.05) is 42.5 Å². The number of aliphatic hydroxyl groups excluding tert-OH is 1. The van der Waals surface area contributed by atoms with Crippen molar-refractivity contribution < 1.29 is 19.0 Å². The Hall–Kier alpha value is -3.25. The van der Waals surface area contributed by atoms with Crippen LogP contribution in [0, 0.1) is 12.7 Å². The summed E-state index contributed by atoms with van der Waals surface area (Å²) in [6, 6.07) is 20.2. The number of aryl methyl sites for hydroxylation is 1. The highest BCUT2D eigenvalue weighted by Gasteiger charge is 2.30. The predicted octanol–water partition coefficient (Wildman–Crippen LogP) is 5.54. The quantitative estimate of drug-likeness (QED) is 0.571. The van der Waals surface area contributed by atoms with Gasteiger partial charge in [0.15, 0.2) is 0 Å². The Morgan fingerprint density at radius 3 is 2.41 bits per heavy atom. The molecule has 32 heavy (non-hydrogen) atoms. The van der Waals surface area contributed by atoms with Crippen molar-refractivity contribution in [1.82, 2.24) is 9.88 Å². The highest BCUT2D eigenvalue weighted by Crippen LogP contribution is 2.28. The number of ether oxygens (including phenoxy) is 1. The van der Waals surface area contributed by atoms with Crippen LogP contribution in [0.4, 0.5) is 9.18 Å². The van der Waals surface area contributed by atoms with Crippen molar-refractivity contribution >= 4 is 6.09 Å². The molecule has 0 spiro atoms. The van der Waals surface area contributed by atoms with Gasteiger partial charge in [-0.15, -0.1) is 0 Å². The van der Waals surface area contributed by atoms with E-state index in [0.717, 1.165) is 28.8 Å². The normalized spacial score (nSPS) is 16.6. The average molecular weight is 437 g/mol. The fourth-order valence-corrected chi connectivity index (χ4v) is 3.62.